The molecule has 0 radical (unpaired) electrons. The van der Waals surface area contributed by atoms with Crippen LogP contribution in [0.25, 0.3) is 0 Å². The number of rotatable bonds is 3. The predicted octanol–water partition coefficient (Wildman–Crippen LogP) is 3.43. The van der Waals surface area contributed by atoms with Crippen molar-refractivity contribution in [3.05, 3.63) is 42.2 Å². The summed E-state index contributed by atoms with van der Waals surface area (Å²) >= 11 is 0. The fourth-order valence-corrected chi connectivity index (χ4v) is 1.59. The summed E-state index contributed by atoms with van der Waals surface area (Å²) in [6.45, 7) is 0. The van der Waals surface area contributed by atoms with E-state index < -0.39 is 11.9 Å². The fraction of sp³-hybridized carbons (Fsp3) is 0.154. The largest absolute Gasteiger partial charge is 0.497 e. The molecular formula is C13H12F3N3O. The van der Waals surface area contributed by atoms with E-state index in [-0.39, 0.29) is 11.4 Å². The molecule has 4 nitrogen and oxygen atoms in total. The van der Waals surface area contributed by atoms with Crippen molar-refractivity contribution in [1.82, 2.24) is 4.98 Å². The number of nitrogens with two attached hydrogens (primary N) is 1. The number of methoxy groups -OCH3 is 1. The number of halogens is 3. The minimum Gasteiger partial charge on any atom is -0.497 e. The Hall–Kier alpha value is -2.44. The third-order valence-corrected chi connectivity index (χ3v) is 2.57. The van der Waals surface area contributed by atoms with Crippen LogP contribution in [0.4, 0.5) is 30.2 Å². The van der Waals surface area contributed by atoms with Crippen LogP contribution in [-0.4, -0.2) is 12.1 Å². The zero-order chi connectivity index (χ0) is 14.8. The standard InChI is InChI=1S/C13H12F3N3O/c1-20-9-4-2-3-8(5-9)19-11-6-12(13(14,15)16)18-7-10(11)17/h2-7H,17H2,1H3,(H,18,19). The molecule has 0 amide bonds. The molecule has 1 aromatic carbocycles. The second-order valence-electron chi connectivity index (χ2n) is 4.01. The molecule has 3 N–H and O–H groups in total. The number of aromatic nitrogens is 1. The van der Waals surface area contributed by atoms with Gasteiger partial charge in [0, 0.05) is 11.8 Å². The van der Waals surface area contributed by atoms with E-state index in [2.05, 4.69) is 10.3 Å². The minimum absolute atomic E-state index is 0.126. The molecule has 2 aromatic rings. The Morgan fingerprint density at radius 1 is 1.25 bits per heavy atom. The topological polar surface area (TPSA) is 60.2 Å². The molecule has 106 valence electrons. The molecule has 0 aliphatic carbocycles. The van der Waals surface area contributed by atoms with E-state index in [0.717, 1.165) is 12.3 Å². The van der Waals surface area contributed by atoms with Gasteiger partial charge in [0.05, 0.1) is 24.7 Å². The lowest BCUT2D eigenvalue weighted by Crippen LogP contribution is -2.09. The van der Waals surface area contributed by atoms with Crippen molar-refractivity contribution in [2.45, 2.75) is 6.18 Å². The lowest BCUT2D eigenvalue weighted by atomic mass is 10.2. The first-order chi connectivity index (χ1) is 9.40. The van der Waals surface area contributed by atoms with Gasteiger partial charge in [0.15, 0.2) is 0 Å². The number of hydrogen-bond acceptors (Lipinski definition) is 4. The van der Waals surface area contributed by atoms with Gasteiger partial charge in [0.1, 0.15) is 11.4 Å². The SMILES string of the molecule is COc1cccc(Nc2cc(C(F)(F)F)ncc2N)c1. The van der Waals surface area contributed by atoms with E-state index in [0.29, 0.717) is 11.4 Å². The number of nitrogen functional groups attached to an aromatic ring is 1. The van der Waals surface area contributed by atoms with Crippen molar-refractivity contribution in [3.8, 4) is 5.75 Å². The third kappa shape index (κ3) is 3.11. The Bertz CT molecular complexity index is 614. The summed E-state index contributed by atoms with van der Waals surface area (Å²) in [5.41, 5.74) is 5.46. The Labute approximate surface area is 113 Å². The number of anilines is 3. The maximum atomic E-state index is 12.6. The molecular weight excluding hydrogens is 271 g/mol. The van der Waals surface area contributed by atoms with Gasteiger partial charge in [0.25, 0.3) is 0 Å². The molecule has 0 saturated carbocycles. The van der Waals surface area contributed by atoms with Crippen LogP contribution >= 0.6 is 0 Å². The van der Waals surface area contributed by atoms with Gasteiger partial charge in [-0.15, -0.1) is 0 Å². The number of ether oxygens (including phenoxy) is 1. The third-order valence-electron chi connectivity index (χ3n) is 2.57. The summed E-state index contributed by atoms with van der Waals surface area (Å²) in [6, 6.07) is 7.64. The van der Waals surface area contributed by atoms with E-state index in [1.165, 1.54) is 7.11 Å². The van der Waals surface area contributed by atoms with E-state index in [1.54, 1.807) is 24.3 Å². The summed E-state index contributed by atoms with van der Waals surface area (Å²) in [4.78, 5) is 3.27. The zero-order valence-corrected chi connectivity index (χ0v) is 10.5. The number of nitrogens with zero attached hydrogens (tertiary/aromatic N) is 1. The number of alkyl halides is 3. The van der Waals surface area contributed by atoms with E-state index in [4.69, 9.17) is 10.5 Å². The molecule has 0 fully saturated rings. The quantitative estimate of drug-likeness (QED) is 0.906. The molecule has 7 heteroatoms. The van der Waals surface area contributed by atoms with Gasteiger partial charge in [-0.25, -0.2) is 4.98 Å². The summed E-state index contributed by atoms with van der Waals surface area (Å²) < 4.78 is 42.9. The van der Waals surface area contributed by atoms with Crippen LogP contribution in [0.15, 0.2) is 36.5 Å². The lowest BCUT2D eigenvalue weighted by Gasteiger charge is -2.12. The van der Waals surface area contributed by atoms with Crippen molar-refractivity contribution < 1.29 is 17.9 Å². The number of pyridine rings is 1. The van der Waals surface area contributed by atoms with Gasteiger partial charge >= 0.3 is 6.18 Å². The number of hydrogen-bond donors (Lipinski definition) is 2. The maximum absolute atomic E-state index is 12.6. The summed E-state index contributed by atoms with van der Waals surface area (Å²) in [5, 5.41) is 2.81. The van der Waals surface area contributed by atoms with Crippen LogP contribution in [0.5, 0.6) is 5.75 Å². The Balaban J connectivity index is 2.32. The molecule has 0 bridgehead atoms. The summed E-state index contributed by atoms with van der Waals surface area (Å²) in [7, 11) is 1.50. The molecule has 20 heavy (non-hydrogen) atoms. The van der Waals surface area contributed by atoms with Gasteiger partial charge in [-0.1, -0.05) is 6.07 Å². The van der Waals surface area contributed by atoms with Crippen molar-refractivity contribution in [2.75, 3.05) is 18.2 Å². The monoisotopic (exact) mass is 283 g/mol. The van der Waals surface area contributed by atoms with Crippen LogP contribution in [0.3, 0.4) is 0 Å². The molecule has 2 rings (SSSR count). The first-order valence-electron chi connectivity index (χ1n) is 5.64. The zero-order valence-electron chi connectivity index (χ0n) is 10.5. The Morgan fingerprint density at radius 2 is 2.00 bits per heavy atom. The van der Waals surface area contributed by atoms with Crippen LogP contribution in [0.2, 0.25) is 0 Å². The molecule has 1 heterocycles. The highest BCUT2D eigenvalue weighted by atomic mass is 19.4. The minimum atomic E-state index is -4.52. The second kappa shape index (κ2) is 5.28. The average Bonchev–Trinajstić information content (AvgIpc) is 2.40. The second-order valence-corrected chi connectivity index (χ2v) is 4.01. The van der Waals surface area contributed by atoms with Gasteiger partial charge in [-0.2, -0.15) is 13.2 Å². The molecule has 0 aliphatic rings. The number of benzene rings is 1. The number of nitrogens with one attached hydrogen (secondary N) is 1. The molecule has 0 unspecified atom stereocenters. The molecule has 0 atom stereocenters. The first-order valence-corrected chi connectivity index (χ1v) is 5.64. The van der Waals surface area contributed by atoms with Crippen LogP contribution in [0, 0.1) is 0 Å². The highest BCUT2D eigenvalue weighted by Crippen LogP contribution is 2.32. The lowest BCUT2D eigenvalue weighted by molar-refractivity contribution is -0.141. The van der Waals surface area contributed by atoms with Crippen molar-refractivity contribution in [2.24, 2.45) is 0 Å². The van der Waals surface area contributed by atoms with Crippen molar-refractivity contribution in [1.29, 1.82) is 0 Å². The molecule has 1 aromatic heterocycles. The van der Waals surface area contributed by atoms with Crippen molar-refractivity contribution >= 4 is 17.1 Å². The van der Waals surface area contributed by atoms with Gasteiger partial charge < -0.3 is 15.8 Å². The molecule has 0 aliphatic heterocycles. The van der Waals surface area contributed by atoms with E-state index >= 15 is 0 Å². The Morgan fingerprint density at radius 3 is 2.65 bits per heavy atom. The molecule has 0 spiro atoms. The van der Waals surface area contributed by atoms with Crippen LogP contribution in [0.1, 0.15) is 5.69 Å². The van der Waals surface area contributed by atoms with E-state index in [9.17, 15) is 13.2 Å². The van der Waals surface area contributed by atoms with Gasteiger partial charge in [-0.3, -0.25) is 0 Å². The Kier molecular flexibility index (Phi) is 3.69. The van der Waals surface area contributed by atoms with Crippen LogP contribution in [-0.2, 0) is 6.18 Å². The predicted molar refractivity (Wildman–Crippen MR) is 69.9 cm³/mol. The highest BCUT2D eigenvalue weighted by molar-refractivity contribution is 5.72. The van der Waals surface area contributed by atoms with E-state index in [1.807, 2.05) is 0 Å². The summed E-state index contributed by atoms with van der Waals surface area (Å²) in [6.07, 6.45) is -3.54. The van der Waals surface area contributed by atoms with Gasteiger partial charge in [0.2, 0.25) is 0 Å². The fourth-order valence-electron chi connectivity index (χ4n) is 1.59. The highest BCUT2D eigenvalue weighted by Gasteiger charge is 2.32. The smallest absolute Gasteiger partial charge is 0.433 e. The maximum Gasteiger partial charge on any atom is 0.433 e. The van der Waals surface area contributed by atoms with Crippen LogP contribution < -0.4 is 15.8 Å². The normalized spacial score (nSPS) is 11.2. The molecule has 0 saturated heterocycles. The summed E-state index contributed by atoms with van der Waals surface area (Å²) in [5.74, 6) is 0.582. The van der Waals surface area contributed by atoms with Crippen molar-refractivity contribution in [3.63, 3.8) is 0 Å². The average molecular weight is 283 g/mol. The first kappa shape index (κ1) is 14.0. The van der Waals surface area contributed by atoms with Gasteiger partial charge in [-0.05, 0) is 18.2 Å².